The Morgan fingerprint density at radius 1 is 1.17 bits per heavy atom. The Morgan fingerprint density at radius 3 is 2.58 bits per heavy atom. The average Bonchev–Trinajstić information content (AvgIpc) is 2.81. The Hall–Kier alpha value is -0.980. The van der Waals surface area contributed by atoms with Crippen LogP contribution in [-0.2, 0) is 0 Å². The highest BCUT2D eigenvalue weighted by Crippen LogP contribution is 2.38. The molecule has 0 spiro atoms. The molecule has 3 rings (SSSR count). The highest BCUT2D eigenvalue weighted by atomic mass is 16.3. The Labute approximate surface area is 71.7 Å². The molecular formula is C11H12O. The van der Waals surface area contributed by atoms with E-state index < -0.39 is 0 Å². The fraction of sp³-hybridized carbons (Fsp3) is 0.455. The van der Waals surface area contributed by atoms with Crippen LogP contribution in [0.1, 0.15) is 37.2 Å². The summed E-state index contributed by atoms with van der Waals surface area (Å²) in [6, 6.07) is 6.36. The van der Waals surface area contributed by atoms with Crippen molar-refractivity contribution in [2.75, 3.05) is 0 Å². The molecule has 1 aliphatic rings. The molecule has 0 aliphatic heterocycles. The summed E-state index contributed by atoms with van der Waals surface area (Å²) in [7, 11) is 0. The molecule has 1 nitrogen and oxygen atoms in total. The van der Waals surface area contributed by atoms with Gasteiger partial charge in [0.25, 0.3) is 0 Å². The summed E-state index contributed by atoms with van der Waals surface area (Å²) in [5.41, 5.74) is 3.63. The van der Waals surface area contributed by atoms with Crippen molar-refractivity contribution in [3.8, 4) is 0 Å². The van der Waals surface area contributed by atoms with Crippen LogP contribution in [0.2, 0.25) is 0 Å². The minimum absolute atomic E-state index is 0.794. The lowest BCUT2D eigenvalue weighted by Crippen LogP contribution is -1.89. The lowest BCUT2D eigenvalue weighted by Gasteiger charge is -2.04. The summed E-state index contributed by atoms with van der Waals surface area (Å²) < 4.78 is 5.53. The molecule has 0 saturated heterocycles. The number of hydrogen-bond donors (Lipinski definition) is 0. The maximum absolute atomic E-state index is 5.53. The summed E-state index contributed by atoms with van der Waals surface area (Å²) in [5, 5.41) is 0. The number of rotatable bonds is 1. The molecule has 0 unspecified atom stereocenters. The third-order valence-corrected chi connectivity index (χ3v) is 3.00. The third kappa shape index (κ3) is 0.795. The summed E-state index contributed by atoms with van der Waals surface area (Å²) in [4.78, 5) is 0. The van der Waals surface area contributed by atoms with Crippen LogP contribution in [-0.4, -0.2) is 0 Å². The van der Waals surface area contributed by atoms with Crippen molar-refractivity contribution >= 4 is 11.2 Å². The van der Waals surface area contributed by atoms with Gasteiger partial charge < -0.3 is 4.42 Å². The first kappa shape index (κ1) is 6.53. The maximum Gasteiger partial charge on any atom is 0.131 e. The second-order valence-electron chi connectivity index (χ2n) is 3.78. The third-order valence-electron chi connectivity index (χ3n) is 3.00. The first-order valence-electron chi connectivity index (χ1n) is 4.75. The van der Waals surface area contributed by atoms with Gasteiger partial charge in [-0.1, -0.05) is 12.8 Å². The Kier molecular flexibility index (Phi) is 1.23. The quantitative estimate of drug-likeness (QED) is 0.622. The van der Waals surface area contributed by atoms with Gasteiger partial charge in [-0.25, -0.2) is 0 Å². The molecule has 0 amide bonds. The van der Waals surface area contributed by atoms with Crippen LogP contribution < -0.4 is 0 Å². The fourth-order valence-corrected chi connectivity index (χ4v) is 2.37. The molecule has 2 heterocycles. The van der Waals surface area contributed by atoms with Gasteiger partial charge in [0.1, 0.15) is 11.2 Å². The highest BCUT2D eigenvalue weighted by molar-refractivity contribution is 5.66. The lowest BCUT2D eigenvalue weighted by atomic mass is 9.98. The molecule has 1 fully saturated rings. The van der Waals surface area contributed by atoms with Crippen LogP contribution in [0.15, 0.2) is 22.6 Å². The molecule has 0 N–H and O–H groups in total. The van der Waals surface area contributed by atoms with E-state index in [2.05, 4.69) is 12.1 Å². The number of benzene rings is 1. The minimum atomic E-state index is 0.794. The number of hydrogen-bond acceptors (Lipinski definition) is 1. The van der Waals surface area contributed by atoms with Crippen molar-refractivity contribution in [2.24, 2.45) is 0 Å². The largest absolute Gasteiger partial charge is 0.457 e. The molecule has 2 bridgehead atoms. The van der Waals surface area contributed by atoms with Crippen molar-refractivity contribution in [1.82, 2.24) is 0 Å². The summed E-state index contributed by atoms with van der Waals surface area (Å²) in [6.45, 7) is 0. The SMILES string of the molecule is c1cc2oc1cc2C1CCCC1. The van der Waals surface area contributed by atoms with E-state index in [1.165, 1.54) is 31.2 Å². The van der Waals surface area contributed by atoms with Crippen LogP contribution >= 0.6 is 0 Å². The molecule has 0 radical (unpaired) electrons. The van der Waals surface area contributed by atoms with Crippen LogP contribution in [0.3, 0.4) is 0 Å². The predicted octanol–water partition coefficient (Wildman–Crippen LogP) is 3.53. The van der Waals surface area contributed by atoms with Crippen molar-refractivity contribution < 1.29 is 4.42 Å². The summed E-state index contributed by atoms with van der Waals surface area (Å²) in [5.74, 6) is 0.794. The standard InChI is InChI=1S/C11H12O/c1-2-4-8(3-1)10-7-9-5-6-11(10)12-9/h5-8H,1-4H2. The van der Waals surface area contributed by atoms with E-state index in [9.17, 15) is 0 Å². The molecule has 2 aromatic rings. The summed E-state index contributed by atoms with van der Waals surface area (Å²) >= 11 is 0. The molecule has 12 heavy (non-hydrogen) atoms. The first-order chi connectivity index (χ1) is 5.93. The molecule has 1 aliphatic carbocycles. The van der Waals surface area contributed by atoms with Gasteiger partial charge in [0.15, 0.2) is 0 Å². The van der Waals surface area contributed by atoms with E-state index in [1.54, 1.807) is 0 Å². The van der Waals surface area contributed by atoms with Crippen LogP contribution in [0, 0.1) is 0 Å². The molecule has 2 aromatic heterocycles. The molecule has 62 valence electrons. The topological polar surface area (TPSA) is 13.1 Å². The maximum atomic E-state index is 5.53. The lowest BCUT2D eigenvalue weighted by molar-refractivity contribution is 0.660. The number of furan rings is 2. The average molecular weight is 160 g/mol. The van der Waals surface area contributed by atoms with Crippen molar-refractivity contribution in [1.29, 1.82) is 0 Å². The van der Waals surface area contributed by atoms with Gasteiger partial charge in [-0.2, -0.15) is 0 Å². The Bertz CT molecular complexity index is 368. The van der Waals surface area contributed by atoms with E-state index in [0.29, 0.717) is 0 Å². The summed E-state index contributed by atoms with van der Waals surface area (Å²) in [6.07, 6.45) is 5.52. The van der Waals surface area contributed by atoms with Gasteiger partial charge in [-0.05, 0) is 37.0 Å². The number of fused-ring (bicyclic) bond motifs is 2. The predicted molar refractivity (Wildman–Crippen MR) is 48.6 cm³/mol. The van der Waals surface area contributed by atoms with Crippen molar-refractivity contribution in [2.45, 2.75) is 31.6 Å². The second kappa shape index (κ2) is 2.25. The second-order valence-corrected chi connectivity index (χ2v) is 3.78. The molecule has 1 heteroatoms. The minimum Gasteiger partial charge on any atom is -0.457 e. The van der Waals surface area contributed by atoms with E-state index >= 15 is 0 Å². The van der Waals surface area contributed by atoms with Gasteiger partial charge in [-0.15, -0.1) is 0 Å². The first-order valence-corrected chi connectivity index (χ1v) is 4.75. The van der Waals surface area contributed by atoms with Crippen LogP contribution in [0.25, 0.3) is 11.2 Å². The molecule has 1 saturated carbocycles. The zero-order valence-electron chi connectivity index (χ0n) is 7.05. The van der Waals surface area contributed by atoms with Gasteiger partial charge in [-0.3, -0.25) is 0 Å². The smallest absolute Gasteiger partial charge is 0.131 e. The van der Waals surface area contributed by atoms with E-state index in [1.807, 2.05) is 6.07 Å². The van der Waals surface area contributed by atoms with E-state index in [4.69, 9.17) is 4.42 Å². The van der Waals surface area contributed by atoms with E-state index in [-0.39, 0.29) is 0 Å². The van der Waals surface area contributed by atoms with Crippen molar-refractivity contribution in [3.63, 3.8) is 0 Å². The van der Waals surface area contributed by atoms with Gasteiger partial charge in [0, 0.05) is 5.56 Å². The zero-order chi connectivity index (χ0) is 7.97. The van der Waals surface area contributed by atoms with Gasteiger partial charge in [0.2, 0.25) is 0 Å². The molecular weight excluding hydrogens is 148 g/mol. The monoisotopic (exact) mass is 160 g/mol. The molecule has 0 atom stereocenters. The Morgan fingerprint density at radius 2 is 2.00 bits per heavy atom. The van der Waals surface area contributed by atoms with Gasteiger partial charge >= 0.3 is 0 Å². The van der Waals surface area contributed by atoms with E-state index in [0.717, 1.165) is 17.1 Å². The normalized spacial score (nSPS) is 19.7. The van der Waals surface area contributed by atoms with Crippen LogP contribution in [0.5, 0.6) is 0 Å². The molecule has 0 aromatic carbocycles. The van der Waals surface area contributed by atoms with Crippen molar-refractivity contribution in [3.05, 3.63) is 23.8 Å². The van der Waals surface area contributed by atoms with Crippen LogP contribution in [0.4, 0.5) is 0 Å². The highest BCUT2D eigenvalue weighted by Gasteiger charge is 2.21. The zero-order valence-corrected chi connectivity index (χ0v) is 7.05. The Balaban J connectivity index is 2.05. The fourth-order valence-electron chi connectivity index (χ4n) is 2.37. The van der Waals surface area contributed by atoms with Gasteiger partial charge in [0.05, 0.1) is 0 Å².